The number of amides is 1. The van der Waals surface area contributed by atoms with Gasteiger partial charge in [-0.05, 0) is 77.0 Å². The topological polar surface area (TPSA) is 95.9 Å². The first-order chi connectivity index (χ1) is 33.5. The Balaban J connectivity index is 3.40. The molecule has 0 aromatic rings. The Hall–Kier alpha value is -1.92. The normalized spacial score (nSPS) is 12.8. The standard InChI is InChI=1S/C62H117NO5/c1-3-5-7-9-11-13-15-31-35-38-42-46-50-54-60(65)59(58-64)63-61(66)55-51-47-43-39-36-32-29-27-25-23-21-19-17-16-18-20-22-24-26-28-30-33-37-41-45-49-53-57-68-62(67)56-52-48-44-40-34-14-12-10-8-6-4-2/h10,12,16-17,50,54,59-60,64-65H,3-9,11,13-15,18-49,51-53,55-58H2,1-2H3,(H,63,66)/b12-10-,17-16-,54-50+. The van der Waals surface area contributed by atoms with E-state index in [9.17, 15) is 19.8 Å². The Morgan fingerprint density at radius 1 is 0.397 bits per heavy atom. The van der Waals surface area contributed by atoms with Gasteiger partial charge in [-0.15, -0.1) is 0 Å². The predicted molar refractivity (Wildman–Crippen MR) is 296 cm³/mol. The number of aliphatic hydroxyl groups is 2. The highest BCUT2D eigenvalue weighted by Gasteiger charge is 2.18. The van der Waals surface area contributed by atoms with E-state index in [0.717, 1.165) is 44.9 Å². The van der Waals surface area contributed by atoms with Crippen LogP contribution in [0.3, 0.4) is 0 Å². The third kappa shape index (κ3) is 53.4. The number of unbranched alkanes of at least 4 members (excludes halogenated alkanes) is 41. The van der Waals surface area contributed by atoms with Gasteiger partial charge in [0.25, 0.3) is 0 Å². The third-order valence-corrected chi connectivity index (χ3v) is 13.9. The van der Waals surface area contributed by atoms with Crippen LogP contribution in [0, 0.1) is 0 Å². The summed E-state index contributed by atoms with van der Waals surface area (Å²) in [6.07, 6.45) is 71.9. The van der Waals surface area contributed by atoms with E-state index in [1.54, 1.807) is 6.08 Å². The van der Waals surface area contributed by atoms with Crippen LogP contribution < -0.4 is 5.32 Å². The zero-order valence-corrected chi connectivity index (χ0v) is 45.6. The van der Waals surface area contributed by atoms with Gasteiger partial charge < -0.3 is 20.3 Å². The van der Waals surface area contributed by atoms with Crippen molar-refractivity contribution in [1.29, 1.82) is 0 Å². The number of hydrogen-bond donors (Lipinski definition) is 3. The van der Waals surface area contributed by atoms with E-state index >= 15 is 0 Å². The molecule has 0 fully saturated rings. The summed E-state index contributed by atoms with van der Waals surface area (Å²) in [5.41, 5.74) is 0. The van der Waals surface area contributed by atoms with Crippen molar-refractivity contribution in [2.45, 2.75) is 334 Å². The van der Waals surface area contributed by atoms with Crippen molar-refractivity contribution in [1.82, 2.24) is 5.32 Å². The molecule has 0 aliphatic carbocycles. The first-order valence-electron chi connectivity index (χ1n) is 30.3. The molecule has 0 aliphatic rings. The quantitative estimate of drug-likeness (QED) is 0.0321. The fraction of sp³-hybridized carbons (Fsp3) is 0.871. The molecule has 0 bridgehead atoms. The minimum absolute atomic E-state index is 0.00332. The van der Waals surface area contributed by atoms with Crippen LogP contribution in [0.1, 0.15) is 322 Å². The molecule has 68 heavy (non-hydrogen) atoms. The Morgan fingerprint density at radius 2 is 0.706 bits per heavy atom. The number of aliphatic hydroxyl groups excluding tert-OH is 2. The average Bonchev–Trinajstić information content (AvgIpc) is 3.34. The van der Waals surface area contributed by atoms with E-state index in [1.807, 2.05) is 6.08 Å². The zero-order valence-electron chi connectivity index (χ0n) is 45.6. The molecule has 6 heteroatoms. The van der Waals surface area contributed by atoms with Gasteiger partial charge in [0.15, 0.2) is 0 Å². The lowest BCUT2D eigenvalue weighted by Crippen LogP contribution is -2.45. The highest BCUT2D eigenvalue weighted by molar-refractivity contribution is 5.76. The van der Waals surface area contributed by atoms with Crippen molar-refractivity contribution in [3.8, 4) is 0 Å². The summed E-state index contributed by atoms with van der Waals surface area (Å²) in [7, 11) is 0. The molecule has 2 atom stereocenters. The van der Waals surface area contributed by atoms with E-state index in [0.29, 0.717) is 19.4 Å². The van der Waals surface area contributed by atoms with Crippen molar-refractivity contribution in [2.75, 3.05) is 13.2 Å². The number of ether oxygens (including phenoxy) is 1. The third-order valence-electron chi connectivity index (χ3n) is 13.9. The minimum Gasteiger partial charge on any atom is -0.466 e. The summed E-state index contributed by atoms with van der Waals surface area (Å²) < 4.78 is 5.46. The highest BCUT2D eigenvalue weighted by Crippen LogP contribution is 2.17. The van der Waals surface area contributed by atoms with Crippen LogP contribution in [-0.4, -0.2) is 47.4 Å². The molecule has 0 aromatic carbocycles. The SMILES string of the molecule is CCCC/C=C\CCCCCCCC(=O)OCCCCCCCCCCCCCC/C=C\CCCCCCCCCCCCCC(=O)NC(CO)C(O)/C=C/CCCCCCCCCCCCC. The fourth-order valence-electron chi connectivity index (χ4n) is 9.20. The fourth-order valence-corrected chi connectivity index (χ4v) is 9.20. The van der Waals surface area contributed by atoms with Crippen LogP contribution in [0.2, 0.25) is 0 Å². The van der Waals surface area contributed by atoms with Crippen LogP contribution >= 0.6 is 0 Å². The molecule has 0 rings (SSSR count). The molecule has 400 valence electrons. The zero-order chi connectivity index (χ0) is 49.3. The molecular weight excluding hydrogens is 839 g/mol. The summed E-state index contributed by atoms with van der Waals surface area (Å²) in [6.45, 7) is 4.87. The summed E-state index contributed by atoms with van der Waals surface area (Å²) in [4.78, 5) is 24.4. The maximum absolute atomic E-state index is 12.4. The molecule has 0 aliphatic heterocycles. The van der Waals surface area contributed by atoms with Gasteiger partial charge in [-0.2, -0.15) is 0 Å². The smallest absolute Gasteiger partial charge is 0.305 e. The second-order valence-corrected chi connectivity index (χ2v) is 20.7. The second-order valence-electron chi connectivity index (χ2n) is 20.7. The maximum Gasteiger partial charge on any atom is 0.305 e. The van der Waals surface area contributed by atoms with E-state index < -0.39 is 12.1 Å². The van der Waals surface area contributed by atoms with Crippen LogP contribution in [0.5, 0.6) is 0 Å². The van der Waals surface area contributed by atoms with Gasteiger partial charge in [0.2, 0.25) is 5.91 Å². The van der Waals surface area contributed by atoms with Gasteiger partial charge in [0, 0.05) is 12.8 Å². The summed E-state index contributed by atoms with van der Waals surface area (Å²) in [5, 5.41) is 23.1. The molecule has 0 radical (unpaired) electrons. The number of carbonyl (C=O) groups excluding carboxylic acids is 2. The molecular formula is C62H117NO5. The first kappa shape index (κ1) is 66.1. The second kappa shape index (κ2) is 57.7. The summed E-state index contributed by atoms with van der Waals surface area (Å²) in [5.74, 6) is -0.0653. The molecule has 3 N–H and O–H groups in total. The number of rotatable bonds is 56. The van der Waals surface area contributed by atoms with Gasteiger partial charge in [-0.25, -0.2) is 0 Å². The van der Waals surface area contributed by atoms with Crippen LogP contribution in [0.25, 0.3) is 0 Å². The molecule has 6 nitrogen and oxygen atoms in total. The largest absolute Gasteiger partial charge is 0.466 e. The van der Waals surface area contributed by atoms with Crippen LogP contribution in [0.15, 0.2) is 36.5 Å². The number of nitrogens with one attached hydrogen (secondary N) is 1. The predicted octanol–water partition coefficient (Wildman–Crippen LogP) is 18.8. The van der Waals surface area contributed by atoms with Crippen molar-refractivity contribution < 1.29 is 24.5 Å². The monoisotopic (exact) mass is 956 g/mol. The molecule has 0 spiro atoms. The molecule has 0 saturated heterocycles. The number of allylic oxidation sites excluding steroid dienone is 5. The first-order valence-corrected chi connectivity index (χ1v) is 30.3. The van der Waals surface area contributed by atoms with Gasteiger partial charge in [-0.1, -0.05) is 269 Å². The Bertz CT molecular complexity index is 1100. The lowest BCUT2D eigenvalue weighted by molar-refractivity contribution is -0.143. The Morgan fingerprint density at radius 3 is 1.09 bits per heavy atom. The molecule has 1 amide bonds. The number of carbonyl (C=O) groups is 2. The Kier molecular flexibility index (Phi) is 56.0. The van der Waals surface area contributed by atoms with E-state index in [2.05, 4.69) is 43.5 Å². The van der Waals surface area contributed by atoms with Gasteiger partial charge in [0.05, 0.1) is 25.4 Å². The van der Waals surface area contributed by atoms with E-state index in [-0.39, 0.29) is 18.5 Å². The van der Waals surface area contributed by atoms with Crippen LogP contribution in [0.4, 0.5) is 0 Å². The van der Waals surface area contributed by atoms with Crippen molar-refractivity contribution in [3.63, 3.8) is 0 Å². The average molecular weight is 957 g/mol. The van der Waals surface area contributed by atoms with Gasteiger partial charge >= 0.3 is 5.97 Å². The number of esters is 1. The molecule has 0 saturated carbocycles. The highest BCUT2D eigenvalue weighted by atomic mass is 16.5. The Labute approximate surface area is 424 Å². The minimum atomic E-state index is -0.844. The molecule has 0 heterocycles. The lowest BCUT2D eigenvalue weighted by Gasteiger charge is -2.20. The van der Waals surface area contributed by atoms with E-state index in [1.165, 1.54) is 250 Å². The van der Waals surface area contributed by atoms with Crippen molar-refractivity contribution in [2.24, 2.45) is 0 Å². The molecule has 2 unspecified atom stereocenters. The van der Waals surface area contributed by atoms with Crippen molar-refractivity contribution in [3.05, 3.63) is 36.5 Å². The number of hydrogen-bond acceptors (Lipinski definition) is 5. The lowest BCUT2D eigenvalue weighted by atomic mass is 10.0. The van der Waals surface area contributed by atoms with E-state index in [4.69, 9.17) is 4.74 Å². The molecule has 0 aromatic heterocycles. The van der Waals surface area contributed by atoms with Crippen LogP contribution in [-0.2, 0) is 14.3 Å². The van der Waals surface area contributed by atoms with Gasteiger partial charge in [-0.3, -0.25) is 9.59 Å². The summed E-state index contributed by atoms with van der Waals surface area (Å²) in [6, 6.07) is -0.628. The maximum atomic E-state index is 12.4. The van der Waals surface area contributed by atoms with Gasteiger partial charge in [0.1, 0.15) is 0 Å². The summed E-state index contributed by atoms with van der Waals surface area (Å²) >= 11 is 0. The van der Waals surface area contributed by atoms with Crippen molar-refractivity contribution >= 4 is 11.9 Å².